The maximum atomic E-state index is 11.4. The highest BCUT2D eigenvalue weighted by molar-refractivity contribution is 5.77. The van der Waals surface area contributed by atoms with Crippen LogP contribution in [-0.2, 0) is 9.53 Å². The van der Waals surface area contributed by atoms with Crippen molar-refractivity contribution in [3.05, 3.63) is 0 Å². The van der Waals surface area contributed by atoms with Crippen LogP contribution in [0.5, 0.6) is 0 Å². The molecule has 4 nitrogen and oxygen atoms in total. The van der Waals surface area contributed by atoms with Crippen molar-refractivity contribution in [3.63, 3.8) is 0 Å². The van der Waals surface area contributed by atoms with Crippen LogP contribution in [0, 0.1) is 0 Å². The maximum absolute atomic E-state index is 11.4. The number of ether oxygens (including phenoxy) is 1. The molecule has 0 saturated heterocycles. The number of amides is 1. The van der Waals surface area contributed by atoms with Gasteiger partial charge in [0.05, 0.1) is 0 Å². The second kappa shape index (κ2) is 5.73. The average Bonchev–Trinajstić information content (AvgIpc) is 1.98. The van der Waals surface area contributed by atoms with Gasteiger partial charge in [-0.15, -0.1) is 0 Å². The van der Waals surface area contributed by atoms with Gasteiger partial charge in [-0.05, 0) is 34.1 Å². The molecule has 1 unspecified atom stereocenters. The molecule has 0 aromatic carbocycles. The van der Waals surface area contributed by atoms with Crippen molar-refractivity contribution in [2.75, 3.05) is 0 Å². The fourth-order valence-corrected chi connectivity index (χ4v) is 1.12. The van der Waals surface area contributed by atoms with E-state index in [2.05, 4.69) is 5.32 Å². The third kappa shape index (κ3) is 7.97. The highest BCUT2D eigenvalue weighted by Gasteiger charge is 2.19. The quantitative estimate of drug-likeness (QED) is 0.782. The summed E-state index contributed by atoms with van der Waals surface area (Å²) in [5.41, 5.74) is -0.501. The minimum atomic E-state index is -0.501. The first-order valence-corrected chi connectivity index (χ1v) is 5.23. The van der Waals surface area contributed by atoms with Gasteiger partial charge < -0.3 is 10.1 Å². The minimum Gasteiger partial charge on any atom is -0.444 e. The van der Waals surface area contributed by atoms with Crippen molar-refractivity contribution >= 4 is 11.9 Å². The number of ketones is 1. The zero-order valence-electron chi connectivity index (χ0n) is 10.2. The molecule has 0 spiro atoms. The standard InChI is InChI=1S/C11H21NO3/c1-6-9(7-8(2)13)12-10(14)15-11(3,4)5/h9H,6-7H2,1-5H3,(H,12,14). The molecular formula is C11H21NO3. The molecule has 0 rings (SSSR count). The van der Waals surface area contributed by atoms with Crippen molar-refractivity contribution in [1.82, 2.24) is 5.32 Å². The van der Waals surface area contributed by atoms with E-state index in [-0.39, 0.29) is 11.8 Å². The van der Waals surface area contributed by atoms with Crippen molar-refractivity contribution in [3.8, 4) is 0 Å². The smallest absolute Gasteiger partial charge is 0.407 e. The van der Waals surface area contributed by atoms with Crippen LogP contribution in [0.2, 0.25) is 0 Å². The molecular weight excluding hydrogens is 194 g/mol. The molecule has 4 heteroatoms. The number of Topliss-reactive ketones (excluding diaryl/α,β-unsaturated/α-hetero) is 1. The molecule has 15 heavy (non-hydrogen) atoms. The molecule has 0 aliphatic rings. The van der Waals surface area contributed by atoms with Gasteiger partial charge in [-0.25, -0.2) is 4.79 Å². The summed E-state index contributed by atoms with van der Waals surface area (Å²) in [6.45, 7) is 8.85. The number of hydrogen-bond donors (Lipinski definition) is 1. The Morgan fingerprint density at radius 3 is 2.20 bits per heavy atom. The van der Waals surface area contributed by atoms with Gasteiger partial charge in [-0.2, -0.15) is 0 Å². The molecule has 0 saturated carbocycles. The van der Waals surface area contributed by atoms with Crippen LogP contribution in [0.25, 0.3) is 0 Å². The highest BCUT2D eigenvalue weighted by atomic mass is 16.6. The largest absolute Gasteiger partial charge is 0.444 e. The van der Waals surface area contributed by atoms with E-state index in [1.807, 2.05) is 6.92 Å². The third-order valence-electron chi connectivity index (χ3n) is 1.75. The first kappa shape index (κ1) is 13.9. The molecule has 0 heterocycles. The van der Waals surface area contributed by atoms with E-state index < -0.39 is 11.7 Å². The Bertz CT molecular complexity index is 230. The summed E-state index contributed by atoms with van der Waals surface area (Å²) >= 11 is 0. The predicted molar refractivity (Wildman–Crippen MR) is 58.7 cm³/mol. The molecule has 0 fully saturated rings. The van der Waals surface area contributed by atoms with Crippen LogP contribution in [0.4, 0.5) is 4.79 Å². The number of hydrogen-bond acceptors (Lipinski definition) is 3. The number of nitrogens with one attached hydrogen (secondary N) is 1. The summed E-state index contributed by atoms with van der Waals surface area (Å²) in [6.07, 6.45) is 0.616. The fraction of sp³-hybridized carbons (Fsp3) is 0.818. The van der Waals surface area contributed by atoms with Gasteiger partial charge in [-0.3, -0.25) is 4.79 Å². The third-order valence-corrected chi connectivity index (χ3v) is 1.75. The lowest BCUT2D eigenvalue weighted by molar-refractivity contribution is -0.117. The van der Waals surface area contributed by atoms with Gasteiger partial charge in [-0.1, -0.05) is 6.92 Å². The molecule has 1 amide bonds. The predicted octanol–water partition coefficient (Wildman–Crippen LogP) is 2.27. The van der Waals surface area contributed by atoms with E-state index in [4.69, 9.17) is 4.74 Å². The lowest BCUT2D eigenvalue weighted by Crippen LogP contribution is -2.39. The molecule has 88 valence electrons. The zero-order chi connectivity index (χ0) is 12.1. The van der Waals surface area contributed by atoms with E-state index in [1.54, 1.807) is 20.8 Å². The normalized spacial score (nSPS) is 13.1. The van der Waals surface area contributed by atoms with Crippen molar-refractivity contribution < 1.29 is 14.3 Å². The lowest BCUT2D eigenvalue weighted by atomic mass is 10.1. The second-order valence-electron chi connectivity index (χ2n) is 4.66. The number of carbonyl (C=O) groups excluding carboxylic acids is 2. The number of rotatable bonds is 4. The van der Waals surface area contributed by atoms with Gasteiger partial charge in [0.2, 0.25) is 0 Å². The van der Waals surface area contributed by atoms with Gasteiger partial charge in [0.25, 0.3) is 0 Å². The summed E-state index contributed by atoms with van der Waals surface area (Å²) in [4.78, 5) is 22.3. The van der Waals surface area contributed by atoms with Crippen molar-refractivity contribution in [1.29, 1.82) is 0 Å². The van der Waals surface area contributed by atoms with Crippen LogP contribution in [0.3, 0.4) is 0 Å². The summed E-state index contributed by atoms with van der Waals surface area (Å²) in [7, 11) is 0. The first-order valence-electron chi connectivity index (χ1n) is 5.23. The van der Waals surface area contributed by atoms with Crippen LogP contribution >= 0.6 is 0 Å². The molecule has 0 aliphatic heterocycles. The van der Waals surface area contributed by atoms with E-state index >= 15 is 0 Å². The maximum Gasteiger partial charge on any atom is 0.407 e. The molecule has 0 aliphatic carbocycles. The molecule has 1 atom stereocenters. The first-order chi connectivity index (χ1) is 6.74. The Hall–Kier alpha value is -1.06. The van der Waals surface area contributed by atoms with Crippen molar-refractivity contribution in [2.24, 2.45) is 0 Å². The van der Waals surface area contributed by atoms with E-state index in [0.717, 1.165) is 6.42 Å². The Labute approximate surface area is 91.4 Å². The van der Waals surface area contributed by atoms with Gasteiger partial charge >= 0.3 is 6.09 Å². The Morgan fingerprint density at radius 2 is 1.87 bits per heavy atom. The van der Waals surface area contributed by atoms with E-state index in [0.29, 0.717) is 6.42 Å². The van der Waals surface area contributed by atoms with Crippen LogP contribution < -0.4 is 5.32 Å². The lowest BCUT2D eigenvalue weighted by Gasteiger charge is -2.22. The van der Waals surface area contributed by atoms with Crippen LogP contribution in [0.1, 0.15) is 47.5 Å². The Kier molecular flexibility index (Phi) is 5.33. The van der Waals surface area contributed by atoms with Gasteiger partial charge in [0.15, 0.2) is 0 Å². The van der Waals surface area contributed by atoms with E-state index in [1.165, 1.54) is 6.92 Å². The number of carbonyl (C=O) groups is 2. The Balaban J connectivity index is 4.07. The molecule has 0 aromatic rings. The molecule has 0 radical (unpaired) electrons. The summed E-state index contributed by atoms with van der Waals surface area (Å²) in [5.74, 6) is 0.0675. The summed E-state index contributed by atoms with van der Waals surface area (Å²) < 4.78 is 5.09. The average molecular weight is 215 g/mol. The molecule has 1 N–H and O–H groups in total. The molecule has 0 bridgehead atoms. The van der Waals surface area contributed by atoms with E-state index in [9.17, 15) is 9.59 Å². The monoisotopic (exact) mass is 215 g/mol. The zero-order valence-corrected chi connectivity index (χ0v) is 10.2. The highest BCUT2D eigenvalue weighted by Crippen LogP contribution is 2.08. The minimum absolute atomic E-state index is 0.0675. The summed E-state index contributed by atoms with van der Waals surface area (Å²) in [6, 6.07) is -0.127. The number of alkyl carbamates (subject to hydrolysis) is 1. The Morgan fingerprint density at radius 1 is 1.33 bits per heavy atom. The fourth-order valence-electron chi connectivity index (χ4n) is 1.12. The molecule has 0 aromatic heterocycles. The van der Waals surface area contributed by atoms with Crippen LogP contribution in [-0.4, -0.2) is 23.5 Å². The second-order valence-corrected chi connectivity index (χ2v) is 4.66. The van der Waals surface area contributed by atoms with Crippen LogP contribution in [0.15, 0.2) is 0 Å². The van der Waals surface area contributed by atoms with Crippen molar-refractivity contribution in [2.45, 2.75) is 59.1 Å². The summed E-state index contributed by atoms with van der Waals surface area (Å²) in [5, 5.41) is 2.67. The topological polar surface area (TPSA) is 55.4 Å². The van der Waals surface area contributed by atoms with Gasteiger partial charge in [0.1, 0.15) is 11.4 Å². The van der Waals surface area contributed by atoms with Gasteiger partial charge in [0, 0.05) is 12.5 Å². The SMILES string of the molecule is CCC(CC(C)=O)NC(=O)OC(C)(C)C.